The first-order valence-electron chi connectivity index (χ1n) is 11.1. The zero-order valence-electron chi connectivity index (χ0n) is 18.9. The normalized spacial score (nSPS) is 14.5. The maximum atomic E-state index is 12.9. The van der Waals surface area contributed by atoms with Crippen molar-refractivity contribution in [3.63, 3.8) is 0 Å². The van der Waals surface area contributed by atoms with Crippen LogP contribution >= 0.6 is 23.6 Å². The molecule has 1 aromatic heterocycles. The molecule has 2 aromatic carbocycles. The highest BCUT2D eigenvalue weighted by atomic mass is 32.1. The second kappa shape index (κ2) is 9.98. The molecule has 4 rings (SSSR count). The largest absolute Gasteiger partial charge is 0.369 e. The van der Waals surface area contributed by atoms with Gasteiger partial charge in [0.15, 0.2) is 3.95 Å². The molecule has 7 heteroatoms. The van der Waals surface area contributed by atoms with E-state index in [1.165, 1.54) is 22.6 Å². The maximum absolute atomic E-state index is 12.9. The molecular weight excluding hydrogens is 436 g/mol. The highest BCUT2D eigenvalue weighted by molar-refractivity contribution is 7.73. The Bertz CT molecular complexity index is 1140. The number of likely N-dealkylation sites (N-methyl/N-ethyl adjacent to an activating group) is 1. The monoisotopic (exact) mass is 466 g/mol. The van der Waals surface area contributed by atoms with Crippen LogP contribution in [0.1, 0.15) is 18.1 Å². The minimum Gasteiger partial charge on any atom is -0.369 e. The van der Waals surface area contributed by atoms with Crippen molar-refractivity contribution < 1.29 is 4.79 Å². The number of anilines is 2. The Kier molecular flexibility index (Phi) is 7.08. The number of hydrogen-bond acceptors (Lipinski definition) is 5. The first-order chi connectivity index (χ1) is 15.4. The first kappa shape index (κ1) is 22.7. The minimum absolute atomic E-state index is 0.0692. The van der Waals surface area contributed by atoms with E-state index in [1.54, 1.807) is 0 Å². The van der Waals surface area contributed by atoms with Crippen LogP contribution in [0.2, 0.25) is 0 Å². The molecular formula is C25H30N4OS2. The van der Waals surface area contributed by atoms with Crippen LogP contribution in [-0.4, -0.2) is 48.1 Å². The van der Waals surface area contributed by atoms with Crippen LogP contribution in [0.4, 0.5) is 11.4 Å². The summed E-state index contributed by atoms with van der Waals surface area (Å²) in [6, 6.07) is 14.6. The van der Waals surface area contributed by atoms with Gasteiger partial charge in [0.25, 0.3) is 0 Å². The van der Waals surface area contributed by atoms with Gasteiger partial charge in [0.05, 0.1) is 5.69 Å². The molecule has 0 radical (unpaired) electrons. The van der Waals surface area contributed by atoms with E-state index < -0.39 is 0 Å². The Hall–Kier alpha value is -2.48. The summed E-state index contributed by atoms with van der Waals surface area (Å²) >= 11 is 7.00. The first-order valence-corrected chi connectivity index (χ1v) is 12.4. The smallest absolute Gasteiger partial charge is 0.244 e. The van der Waals surface area contributed by atoms with Gasteiger partial charge in [-0.2, -0.15) is 0 Å². The van der Waals surface area contributed by atoms with E-state index in [0.29, 0.717) is 3.95 Å². The van der Waals surface area contributed by atoms with Crippen molar-refractivity contribution in [3.8, 4) is 11.3 Å². The number of aromatic nitrogens is 1. The van der Waals surface area contributed by atoms with Crippen molar-refractivity contribution >= 4 is 40.8 Å². The number of aryl methyl sites for hydroxylation is 2. The lowest BCUT2D eigenvalue weighted by Gasteiger charge is -2.35. The molecule has 1 aliphatic rings. The number of hydrogen-bond donors (Lipinski definition) is 1. The summed E-state index contributed by atoms with van der Waals surface area (Å²) in [5, 5.41) is 5.11. The van der Waals surface area contributed by atoms with Crippen LogP contribution in [0.3, 0.4) is 0 Å². The standard InChI is InChI=1S/C25H30N4OS2/c1-4-27-11-13-28(14-12-27)21-9-10-22(19(3)15-21)26-24(30)16-29-23(17-32-25(29)31)20-7-5-18(2)6-8-20/h5-10,15,17H,4,11-14,16H2,1-3H3,(H,26,30). The zero-order valence-corrected chi connectivity index (χ0v) is 20.6. The van der Waals surface area contributed by atoms with Crippen molar-refractivity contribution in [3.05, 3.63) is 62.9 Å². The summed E-state index contributed by atoms with van der Waals surface area (Å²) in [5.74, 6) is -0.0692. The number of thiazole rings is 1. The van der Waals surface area contributed by atoms with Crippen molar-refractivity contribution in [1.82, 2.24) is 9.47 Å². The highest BCUT2D eigenvalue weighted by Gasteiger charge is 2.17. The molecule has 1 aliphatic heterocycles. The Labute approximate surface area is 199 Å². The van der Waals surface area contributed by atoms with Gasteiger partial charge in [0, 0.05) is 42.9 Å². The third kappa shape index (κ3) is 5.11. The number of carbonyl (C=O) groups is 1. The molecule has 0 bridgehead atoms. The number of amides is 1. The summed E-state index contributed by atoms with van der Waals surface area (Å²) in [4.78, 5) is 17.8. The lowest BCUT2D eigenvalue weighted by Crippen LogP contribution is -2.46. The molecule has 1 fully saturated rings. The molecule has 5 nitrogen and oxygen atoms in total. The Morgan fingerprint density at radius 2 is 1.78 bits per heavy atom. The van der Waals surface area contributed by atoms with Gasteiger partial charge in [-0.25, -0.2) is 0 Å². The molecule has 0 atom stereocenters. The second-order valence-corrected chi connectivity index (χ2v) is 9.81. The van der Waals surface area contributed by atoms with E-state index in [4.69, 9.17) is 12.2 Å². The van der Waals surface area contributed by atoms with Crippen molar-refractivity contribution in [2.24, 2.45) is 0 Å². The van der Waals surface area contributed by atoms with E-state index in [0.717, 1.165) is 55.2 Å². The van der Waals surface area contributed by atoms with E-state index in [-0.39, 0.29) is 12.5 Å². The third-order valence-electron chi connectivity index (χ3n) is 6.10. The number of benzene rings is 2. The van der Waals surface area contributed by atoms with Crippen LogP contribution < -0.4 is 10.2 Å². The molecule has 2 heterocycles. The van der Waals surface area contributed by atoms with Gasteiger partial charge < -0.3 is 19.7 Å². The molecule has 1 N–H and O–H groups in total. The molecule has 168 valence electrons. The van der Waals surface area contributed by atoms with Gasteiger partial charge in [-0.15, -0.1) is 11.3 Å². The average molecular weight is 467 g/mol. The molecule has 0 spiro atoms. The minimum atomic E-state index is -0.0692. The number of nitrogens with one attached hydrogen (secondary N) is 1. The topological polar surface area (TPSA) is 40.5 Å². The predicted octanol–water partition coefficient (Wildman–Crippen LogP) is 5.34. The number of carbonyl (C=O) groups excluding carboxylic acids is 1. The second-order valence-electron chi connectivity index (χ2n) is 8.31. The molecule has 32 heavy (non-hydrogen) atoms. The summed E-state index contributed by atoms with van der Waals surface area (Å²) in [6.07, 6.45) is 0. The van der Waals surface area contributed by atoms with Crippen LogP contribution in [0.5, 0.6) is 0 Å². The quantitative estimate of drug-likeness (QED) is 0.498. The van der Waals surface area contributed by atoms with Gasteiger partial charge in [0.1, 0.15) is 6.54 Å². The van der Waals surface area contributed by atoms with E-state index >= 15 is 0 Å². The van der Waals surface area contributed by atoms with E-state index in [9.17, 15) is 4.79 Å². The number of nitrogens with zero attached hydrogens (tertiary/aromatic N) is 3. The van der Waals surface area contributed by atoms with Gasteiger partial charge in [-0.1, -0.05) is 36.8 Å². The highest BCUT2D eigenvalue weighted by Crippen LogP contribution is 2.26. The fourth-order valence-corrected chi connectivity index (χ4v) is 5.14. The average Bonchev–Trinajstić information content (AvgIpc) is 3.15. The summed E-state index contributed by atoms with van der Waals surface area (Å²) in [5.41, 5.74) is 6.40. The van der Waals surface area contributed by atoms with Crippen LogP contribution in [0, 0.1) is 17.8 Å². The fraction of sp³-hybridized carbons (Fsp3) is 0.360. The molecule has 1 amide bonds. The van der Waals surface area contributed by atoms with Gasteiger partial charge in [-0.05, 0) is 61.9 Å². The number of piperazine rings is 1. The summed E-state index contributed by atoms with van der Waals surface area (Å²) in [6.45, 7) is 11.9. The molecule has 0 saturated carbocycles. The zero-order chi connectivity index (χ0) is 22.7. The Morgan fingerprint density at radius 3 is 2.44 bits per heavy atom. The summed E-state index contributed by atoms with van der Waals surface area (Å²) < 4.78 is 2.62. The van der Waals surface area contributed by atoms with Crippen molar-refractivity contribution in [2.75, 3.05) is 42.9 Å². The fourth-order valence-electron chi connectivity index (χ4n) is 4.07. The molecule has 0 aliphatic carbocycles. The Morgan fingerprint density at radius 1 is 1.06 bits per heavy atom. The van der Waals surface area contributed by atoms with Crippen LogP contribution in [-0.2, 0) is 11.3 Å². The Balaban J connectivity index is 1.44. The van der Waals surface area contributed by atoms with Crippen molar-refractivity contribution in [2.45, 2.75) is 27.3 Å². The van der Waals surface area contributed by atoms with Crippen LogP contribution in [0.25, 0.3) is 11.3 Å². The maximum Gasteiger partial charge on any atom is 0.244 e. The predicted molar refractivity (Wildman–Crippen MR) is 137 cm³/mol. The molecule has 0 unspecified atom stereocenters. The van der Waals surface area contributed by atoms with E-state index in [2.05, 4.69) is 72.3 Å². The van der Waals surface area contributed by atoms with Crippen molar-refractivity contribution in [1.29, 1.82) is 0 Å². The lowest BCUT2D eigenvalue weighted by molar-refractivity contribution is -0.116. The third-order valence-corrected chi connectivity index (χ3v) is 7.37. The van der Waals surface area contributed by atoms with Gasteiger partial charge in [-0.3, -0.25) is 4.79 Å². The van der Waals surface area contributed by atoms with E-state index in [1.807, 2.05) is 16.0 Å². The number of rotatable bonds is 6. The summed E-state index contributed by atoms with van der Waals surface area (Å²) in [7, 11) is 0. The lowest BCUT2D eigenvalue weighted by atomic mass is 10.1. The van der Waals surface area contributed by atoms with Gasteiger partial charge >= 0.3 is 0 Å². The van der Waals surface area contributed by atoms with Crippen LogP contribution in [0.15, 0.2) is 47.8 Å². The molecule has 1 saturated heterocycles. The van der Waals surface area contributed by atoms with Gasteiger partial charge in [0.2, 0.25) is 5.91 Å². The SMILES string of the molecule is CCN1CCN(c2ccc(NC(=O)Cn3c(-c4ccc(C)cc4)csc3=S)c(C)c2)CC1. The molecule has 3 aromatic rings.